The predicted octanol–water partition coefficient (Wildman–Crippen LogP) is -1.35. The van der Waals surface area contributed by atoms with Crippen LogP contribution in [0.25, 0.3) is 0 Å². The molecule has 1 heterocycles. The van der Waals surface area contributed by atoms with E-state index >= 15 is 0 Å². The number of amides is 2. The van der Waals surface area contributed by atoms with Gasteiger partial charge in [0.1, 0.15) is 6.54 Å². The fourth-order valence-electron chi connectivity index (χ4n) is 1.64. The SMILES string of the molecule is COC(=O)C1CCN(C(=O)C(=O)NCC#N)C1. The van der Waals surface area contributed by atoms with E-state index in [9.17, 15) is 14.4 Å². The van der Waals surface area contributed by atoms with Crippen LogP contribution in [0.2, 0.25) is 0 Å². The molecule has 7 nitrogen and oxygen atoms in total. The van der Waals surface area contributed by atoms with Crippen molar-refractivity contribution in [2.24, 2.45) is 5.92 Å². The summed E-state index contributed by atoms with van der Waals surface area (Å²) in [7, 11) is 1.28. The lowest BCUT2D eigenvalue weighted by atomic mass is 10.1. The number of hydrogen-bond donors (Lipinski definition) is 1. The van der Waals surface area contributed by atoms with Crippen molar-refractivity contribution in [3.8, 4) is 6.07 Å². The van der Waals surface area contributed by atoms with Crippen molar-refractivity contribution >= 4 is 17.8 Å². The molecule has 92 valence electrons. The van der Waals surface area contributed by atoms with Gasteiger partial charge in [0.2, 0.25) is 0 Å². The third-order valence-corrected chi connectivity index (χ3v) is 2.53. The molecule has 1 aliphatic heterocycles. The van der Waals surface area contributed by atoms with Crippen LogP contribution in [0.5, 0.6) is 0 Å². The molecule has 7 heteroatoms. The normalized spacial score (nSPS) is 18.4. The number of nitrogens with zero attached hydrogens (tertiary/aromatic N) is 2. The molecule has 1 atom stereocenters. The second kappa shape index (κ2) is 5.84. The van der Waals surface area contributed by atoms with Crippen LogP contribution >= 0.6 is 0 Å². The van der Waals surface area contributed by atoms with Crippen LogP contribution in [0, 0.1) is 17.2 Å². The summed E-state index contributed by atoms with van der Waals surface area (Å²) in [5.41, 5.74) is 0. The summed E-state index contributed by atoms with van der Waals surface area (Å²) in [6, 6.07) is 1.70. The van der Waals surface area contributed by atoms with Gasteiger partial charge in [0.15, 0.2) is 0 Å². The minimum Gasteiger partial charge on any atom is -0.469 e. The van der Waals surface area contributed by atoms with Crippen LogP contribution < -0.4 is 5.32 Å². The highest BCUT2D eigenvalue weighted by Gasteiger charge is 2.33. The molecular formula is C10H13N3O4. The molecule has 0 aromatic carbocycles. The fourth-order valence-corrected chi connectivity index (χ4v) is 1.64. The average molecular weight is 239 g/mol. The lowest BCUT2D eigenvalue weighted by Crippen LogP contribution is -2.42. The van der Waals surface area contributed by atoms with Crippen molar-refractivity contribution in [1.82, 2.24) is 10.2 Å². The minimum absolute atomic E-state index is 0.186. The lowest BCUT2D eigenvalue weighted by molar-refractivity contribution is -0.147. The van der Waals surface area contributed by atoms with E-state index in [1.54, 1.807) is 6.07 Å². The van der Waals surface area contributed by atoms with E-state index in [2.05, 4.69) is 10.1 Å². The molecule has 0 aromatic heterocycles. The highest BCUT2D eigenvalue weighted by molar-refractivity contribution is 6.35. The topological polar surface area (TPSA) is 99.5 Å². The Labute approximate surface area is 98.3 Å². The molecule has 0 bridgehead atoms. The number of ether oxygens (including phenoxy) is 1. The first-order valence-corrected chi connectivity index (χ1v) is 5.12. The highest BCUT2D eigenvalue weighted by atomic mass is 16.5. The van der Waals surface area contributed by atoms with Crippen LogP contribution in [-0.2, 0) is 19.1 Å². The van der Waals surface area contributed by atoms with Gasteiger partial charge < -0.3 is 15.0 Å². The Morgan fingerprint density at radius 2 is 2.24 bits per heavy atom. The van der Waals surface area contributed by atoms with Crippen molar-refractivity contribution in [2.75, 3.05) is 26.7 Å². The standard InChI is InChI=1S/C10H13N3O4/c1-17-10(16)7-2-5-13(6-7)9(15)8(14)12-4-3-11/h7H,2,4-6H2,1H3,(H,12,14). The van der Waals surface area contributed by atoms with E-state index in [0.717, 1.165) is 0 Å². The molecule has 2 amide bonds. The van der Waals surface area contributed by atoms with Crippen molar-refractivity contribution in [2.45, 2.75) is 6.42 Å². The maximum absolute atomic E-state index is 11.6. The van der Waals surface area contributed by atoms with Gasteiger partial charge >= 0.3 is 17.8 Å². The molecule has 0 radical (unpaired) electrons. The van der Waals surface area contributed by atoms with E-state index in [-0.39, 0.29) is 25.0 Å². The summed E-state index contributed by atoms with van der Waals surface area (Å²) in [4.78, 5) is 35.3. The van der Waals surface area contributed by atoms with Crippen molar-refractivity contribution < 1.29 is 19.1 Å². The third-order valence-electron chi connectivity index (χ3n) is 2.53. The number of hydrogen-bond acceptors (Lipinski definition) is 5. The predicted molar refractivity (Wildman–Crippen MR) is 55.3 cm³/mol. The van der Waals surface area contributed by atoms with Crippen LogP contribution in [0.15, 0.2) is 0 Å². The summed E-state index contributed by atoms with van der Waals surface area (Å²) >= 11 is 0. The van der Waals surface area contributed by atoms with Crippen LogP contribution in [0.4, 0.5) is 0 Å². The third kappa shape index (κ3) is 3.17. The summed E-state index contributed by atoms with van der Waals surface area (Å²) in [6.07, 6.45) is 0.490. The quantitative estimate of drug-likeness (QED) is 0.365. The van der Waals surface area contributed by atoms with Gasteiger partial charge in [0.25, 0.3) is 0 Å². The summed E-state index contributed by atoms with van der Waals surface area (Å²) in [6.45, 7) is 0.322. The average Bonchev–Trinajstić information content (AvgIpc) is 2.83. The summed E-state index contributed by atoms with van der Waals surface area (Å²) < 4.78 is 4.57. The first-order chi connectivity index (χ1) is 8.10. The smallest absolute Gasteiger partial charge is 0.311 e. The number of nitrogens with one attached hydrogen (secondary N) is 1. The maximum Gasteiger partial charge on any atom is 0.311 e. The van der Waals surface area contributed by atoms with E-state index in [1.807, 2.05) is 0 Å². The Morgan fingerprint density at radius 1 is 1.53 bits per heavy atom. The Hall–Kier alpha value is -2.10. The molecule has 1 N–H and O–H groups in total. The van der Waals surface area contributed by atoms with Gasteiger partial charge in [-0.1, -0.05) is 0 Å². The monoisotopic (exact) mass is 239 g/mol. The molecule has 0 saturated carbocycles. The van der Waals surface area contributed by atoms with Crippen molar-refractivity contribution in [3.05, 3.63) is 0 Å². The Morgan fingerprint density at radius 3 is 2.82 bits per heavy atom. The van der Waals surface area contributed by atoms with Gasteiger partial charge in [-0.15, -0.1) is 0 Å². The van der Waals surface area contributed by atoms with Crippen LogP contribution in [-0.4, -0.2) is 49.4 Å². The fraction of sp³-hybridized carbons (Fsp3) is 0.600. The van der Waals surface area contributed by atoms with E-state index in [0.29, 0.717) is 13.0 Å². The Kier molecular flexibility index (Phi) is 4.46. The maximum atomic E-state index is 11.6. The zero-order chi connectivity index (χ0) is 12.8. The van der Waals surface area contributed by atoms with Gasteiger partial charge in [0, 0.05) is 13.1 Å². The zero-order valence-electron chi connectivity index (χ0n) is 9.43. The molecule has 0 spiro atoms. The van der Waals surface area contributed by atoms with Gasteiger partial charge in [-0.2, -0.15) is 5.26 Å². The number of likely N-dealkylation sites (tertiary alicyclic amines) is 1. The first-order valence-electron chi connectivity index (χ1n) is 5.12. The number of carbonyl (C=O) groups excluding carboxylic acids is 3. The molecule has 0 aliphatic carbocycles. The zero-order valence-corrected chi connectivity index (χ0v) is 9.43. The van der Waals surface area contributed by atoms with Gasteiger partial charge in [-0.25, -0.2) is 0 Å². The molecule has 1 rings (SSSR count). The molecular weight excluding hydrogens is 226 g/mol. The number of nitriles is 1. The molecule has 0 aromatic rings. The lowest BCUT2D eigenvalue weighted by Gasteiger charge is -2.14. The van der Waals surface area contributed by atoms with Crippen molar-refractivity contribution in [3.63, 3.8) is 0 Å². The summed E-state index contributed by atoms with van der Waals surface area (Å²) in [5.74, 6) is -2.28. The molecule has 1 unspecified atom stereocenters. The Bertz CT molecular complexity index is 374. The molecule has 1 fully saturated rings. The van der Waals surface area contributed by atoms with Gasteiger partial charge in [0.05, 0.1) is 19.1 Å². The van der Waals surface area contributed by atoms with Crippen molar-refractivity contribution in [1.29, 1.82) is 5.26 Å². The number of rotatable bonds is 2. The minimum atomic E-state index is -0.822. The number of methoxy groups -OCH3 is 1. The van der Waals surface area contributed by atoms with Crippen LogP contribution in [0.1, 0.15) is 6.42 Å². The van der Waals surface area contributed by atoms with Crippen LogP contribution in [0.3, 0.4) is 0 Å². The van der Waals surface area contributed by atoms with E-state index < -0.39 is 11.8 Å². The molecule has 17 heavy (non-hydrogen) atoms. The molecule has 1 saturated heterocycles. The van der Waals surface area contributed by atoms with E-state index in [4.69, 9.17) is 5.26 Å². The van der Waals surface area contributed by atoms with Gasteiger partial charge in [-0.3, -0.25) is 14.4 Å². The number of carbonyl (C=O) groups is 3. The second-order valence-electron chi connectivity index (χ2n) is 3.60. The number of esters is 1. The summed E-state index contributed by atoms with van der Waals surface area (Å²) in [5, 5.41) is 10.4. The highest BCUT2D eigenvalue weighted by Crippen LogP contribution is 2.17. The Balaban J connectivity index is 2.48. The first kappa shape index (κ1) is 13.0. The van der Waals surface area contributed by atoms with E-state index in [1.165, 1.54) is 12.0 Å². The van der Waals surface area contributed by atoms with Gasteiger partial charge in [-0.05, 0) is 6.42 Å². The molecule has 1 aliphatic rings. The second-order valence-corrected chi connectivity index (χ2v) is 3.60. The largest absolute Gasteiger partial charge is 0.469 e.